The lowest BCUT2D eigenvalue weighted by Crippen LogP contribution is -2.45. The van der Waals surface area contributed by atoms with E-state index >= 15 is 0 Å². The van der Waals surface area contributed by atoms with Gasteiger partial charge >= 0.3 is 0 Å². The van der Waals surface area contributed by atoms with Crippen LogP contribution < -0.4 is 10.6 Å². The monoisotopic (exact) mass is 362 g/mol. The quantitative estimate of drug-likeness (QED) is 0.537. The summed E-state index contributed by atoms with van der Waals surface area (Å²) < 4.78 is 13.8. The molecule has 2 atom stereocenters. The lowest BCUT2D eigenvalue weighted by molar-refractivity contribution is 0.182. The molecule has 0 aromatic heterocycles. The minimum absolute atomic E-state index is 0.134. The molecule has 1 aromatic carbocycles. The molecule has 144 valence electrons. The van der Waals surface area contributed by atoms with Crippen molar-refractivity contribution < 1.29 is 9.50 Å². The molecule has 1 saturated heterocycles. The highest BCUT2D eigenvalue weighted by Gasteiger charge is 2.30. The summed E-state index contributed by atoms with van der Waals surface area (Å²) in [6, 6.07) is 7.44. The molecular weight excluding hydrogens is 331 g/mol. The third-order valence-corrected chi connectivity index (χ3v) is 5.43. The summed E-state index contributed by atoms with van der Waals surface area (Å²) in [5, 5.41) is 17.0. The fraction of sp³-hybridized carbons (Fsp3) is 0.650. The number of guanidine groups is 1. The zero-order valence-electron chi connectivity index (χ0n) is 15.6. The first-order valence-electron chi connectivity index (χ1n) is 9.88. The van der Waals surface area contributed by atoms with Gasteiger partial charge in [0, 0.05) is 37.3 Å². The van der Waals surface area contributed by atoms with Gasteiger partial charge in [0.05, 0.1) is 6.54 Å². The molecule has 3 N–H and O–H groups in total. The second kappa shape index (κ2) is 9.33. The minimum atomic E-state index is -0.940. The molecule has 1 aromatic rings. The lowest BCUT2D eigenvalue weighted by Gasteiger charge is -2.24. The molecule has 2 fully saturated rings. The van der Waals surface area contributed by atoms with Crippen LogP contribution in [0.2, 0.25) is 0 Å². The van der Waals surface area contributed by atoms with Crippen molar-refractivity contribution in [1.29, 1.82) is 0 Å². The normalized spacial score (nSPS) is 23.3. The number of likely N-dealkylation sites (tertiary alicyclic amines) is 1. The van der Waals surface area contributed by atoms with Crippen molar-refractivity contribution in [3.8, 4) is 0 Å². The van der Waals surface area contributed by atoms with E-state index < -0.39 is 11.9 Å². The van der Waals surface area contributed by atoms with Crippen LogP contribution in [-0.2, 0) is 0 Å². The first kappa shape index (κ1) is 19.1. The van der Waals surface area contributed by atoms with Gasteiger partial charge in [-0.3, -0.25) is 9.89 Å². The average molecular weight is 362 g/mol. The predicted octanol–water partition coefficient (Wildman–Crippen LogP) is 2.43. The highest BCUT2D eigenvalue weighted by Crippen LogP contribution is 2.26. The Hall–Kier alpha value is -1.66. The van der Waals surface area contributed by atoms with Crippen molar-refractivity contribution in [3.63, 3.8) is 0 Å². The summed E-state index contributed by atoms with van der Waals surface area (Å²) in [5.41, 5.74) is 0.292. The molecule has 1 aliphatic carbocycles. The summed E-state index contributed by atoms with van der Waals surface area (Å²) in [7, 11) is 0. The van der Waals surface area contributed by atoms with Crippen molar-refractivity contribution in [2.75, 3.05) is 26.2 Å². The van der Waals surface area contributed by atoms with Crippen LogP contribution in [0.5, 0.6) is 0 Å². The summed E-state index contributed by atoms with van der Waals surface area (Å²) in [4.78, 5) is 7.08. The van der Waals surface area contributed by atoms with Crippen LogP contribution >= 0.6 is 0 Å². The Morgan fingerprint density at radius 2 is 2.08 bits per heavy atom. The second-order valence-corrected chi connectivity index (χ2v) is 7.32. The topological polar surface area (TPSA) is 59.9 Å². The Balaban J connectivity index is 1.55. The molecule has 3 rings (SSSR count). The molecule has 1 saturated carbocycles. The number of aliphatic hydroxyl groups is 1. The van der Waals surface area contributed by atoms with E-state index in [4.69, 9.17) is 0 Å². The zero-order valence-corrected chi connectivity index (χ0v) is 15.6. The van der Waals surface area contributed by atoms with Crippen molar-refractivity contribution in [3.05, 3.63) is 35.6 Å². The van der Waals surface area contributed by atoms with Crippen LogP contribution in [0, 0.1) is 5.82 Å². The van der Waals surface area contributed by atoms with Gasteiger partial charge in [0.1, 0.15) is 11.9 Å². The van der Waals surface area contributed by atoms with Crippen molar-refractivity contribution >= 4 is 5.96 Å². The Kier molecular flexibility index (Phi) is 6.86. The highest BCUT2D eigenvalue weighted by atomic mass is 19.1. The number of nitrogens with zero attached hydrogens (tertiary/aromatic N) is 2. The maximum atomic E-state index is 13.8. The van der Waals surface area contributed by atoms with E-state index in [-0.39, 0.29) is 6.54 Å². The molecule has 6 heteroatoms. The van der Waals surface area contributed by atoms with E-state index in [1.807, 2.05) is 6.92 Å². The van der Waals surface area contributed by atoms with Crippen molar-refractivity contribution in [1.82, 2.24) is 15.5 Å². The molecule has 0 spiro atoms. The number of halogens is 1. The number of aliphatic imine (C=N–C) groups is 1. The van der Waals surface area contributed by atoms with Gasteiger partial charge in [-0.05, 0) is 32.3 Å². The number of rotatable bonds is 6. The second-order valence-electron chi connectivity index (χ2n) is 7.32. The Bertz CT molecular complexity index is 603. The Morgan fingerprint density at radius 1 is 1.31 bits per heavy atom. The highest BCUT2D eigenvalue weighted by molar-refractivity contribution is 5.80. The maximum absolute atomic E-state index is 13.8. The molecule has 0 amide bonds. The van der Waals surface area contributed by atoms with Gasteiger partial charge in [-0.1, -0.05) is 31.0 Å². The largest absolute Gasteiger partial charge is 0.386 e. The molecule has 2 unspecified atom stereocenters. The Morgan fingerprint density at radius 3 is 2.81 bits per heavy atom. The van der Waals surface area contributed by atoms with Crippen LogP contribution in [0.3, 0.4) is 0 Å². The standard InChI is InChI=1S/C20H31FN4O/c1-2-22-20(23-13-19(26)17-9-5-6-10-18(17)21)24-15-11-12-25(14-15)16-7-3-4-8-16/h5-6,9-10,15-16,19,26H,2-4,7-8,11-14H2,1H3,(H2,22,23,24). The molecular formula is C20H31FN4O. The molecule has 1 heterocycles. The van der Waals surface area contributed by atoms with Gasteiger partial charge in [0.25, 0.3) is 0 Å². The maximum Gasteiger partial charge on any atom is 0.191 e. The van der Waals surface area contributed by atoms with Crippen LogP contribution in [-0.4, -0.2) is 54.2 Å². The summed E-state index contributed by atoms with van der Waals surface area (Å²) in [5.74, 6) is 0.303. The lowest BCUT2D eigenvalue weighted by atomic mass is 10.1. The van der Waals surface area contributed by atoms with E-state index in [0.29, 0.717) is 17.6 Å². The number of nitrogens with one attached hydrogen (secondary N) is 2. The first-order chi connectivity index (χ1) is 12.7. The van der Waals surface area contributed by atoms with Crippen molar-refractivity contribution in [2.45, 2.75) is 57.2 Å². The first-order valence-corrected chi connectivity index (χ1v) is 9.88. The summed E-state index contributed by atoms with van der Waals surface area (Å²) in [6.07, 6.45) is 5.54. The fourth-order valence-corrected chi connectivity index (χ4v) is 4.04. The van der Waals surface area contributed by atoms with Gasteiger partial charge < -0.3 is 15.7 Å². The third-order valence-electron chi connectivity index (χ3n) is 5.43. The smallest absolute Gasteiger partial charge is 0.191 e. The SMILES string of the molecule is CCNC(=NCC(O)c1ccccc1F)NC1CCN(C2CCCC2)C1. The summed E-state index contributed by atoms with van der Waals surface area (Å²) in [6.45, 7) is 5.09. The molecule has 26 heavy (non-hydrogen) atoms. The predicted molar refractivity (Wildman–Crippen MR) is 103 cm³/mol. The van der Waals surface area contributed by atoms with Gasteiger partial charge in [0.15, 0.2) is 5.96 Å². The van der Waals surface area contributed by atoms with Crippen LogP contribution in [0.1, 0.15) is 50.7 Å². The van der Waals surface area contributed by atoms with E-state index in [1.54, 1.807) is 18.2 Å². The van der Waals surface area contributed by atoms with Crippen LogP contribution in [0.4, 0.5) is 4.39 Å². The van der Waals surface area contributed by atoms with Gasteiger partial charge in [0.2, 0.25) is 0 Å². The number of hydrogen-bond acceptors (Lipinski definition) is 3. The molecule has 1 aliphatic heterocycles. The molecule has 5 nitrogen and oxygen atoms in total. The fourth-order valence-electron chi connectivity index (χ4n) is 4.04. The van der Waals surface area contributed by atoms with Crippen molar-refractivity contribution in [2.24, 2.45) is 4.99 Å². The summed E-state index contributed by atoms with van der Waals surface area (Å²) >= 11 is 0. The van der Waals surface area contributed by atoms with E-state index in [0.717, 1.165) is 32.1 Å². The number of benzene rings is 1. The molecule has 0 radical (unpaired) electrons. The van der Waals surface area contributed by atoms with E-state index in [9.17, 15) is 9.50 Å². The van der Waals surface area contributed by atoms with Gasteiger partial charge in [-0.25, -0.2) is 4.39 Å². The molecule has 0 bridgehead atoms. The number of hydrogen-bond donors (Lipinski definition) is 3. The minimum Gasteiger partial charge on any atom is -0.386 e. The van der Waals surface area contributed by atoms with E-state index in [1.165, 1.54) is 31.7 Å². The zero-order chi connectivity index (χ0) is 18.4. The Labute approximate surface area is 155 Å². The van der Waals surface area contributed by atoms with Gasteiger partial charge in [-0.2, -0.15) is 0 Å². The van der Waals surface area contributed by atoms with Crippen LogP contribution in [0.25, 0.3) is 0 Å². The van der Waals surface area contributed by atoms with E-state index in [2.05, 4.69) is 20.5 Å². The third kappa shape index (κ3) is 4.95. The molecule has 2 aliphatic rings. The average Bonchev–Trinajstić information content (AvgIpc) is 3.31. The number of aliphatic hydroxyl groups excluding tert-OH is 1. The van der Waals surface area contributed by atoms with Crippen LogP contribution in [0.15, 0.2) is 29.3 Å². The van der Waals surface area contributed by atoms with Gasteiger partial charge in [-0.15, -0.1) is 0 Å².